The fourth-order valence-electron chi connectivity index (χ4n) is 2.44. The molecule has 0 aliphatic carbocycles. The number of rotatable bonds is 4. The van der Waals surface area contributed by atoms with Crippen LogP contribution in [-0.4, -0.2) is 22.6 Å². The minimum atomic E-state index is -0.507. The van der Waals surface area contributed by atoms with Crippen LogP contribution in [0.3, 0.4) is 0 Å². The molecule has 2 rings (SSSR count). The van der Waals surface area contributed by atoms with Crippen molar-refractivity contribution in [2.45, 2.75) is 26.3 Å². The lowest BCUT2D eigenvalue weighted by molar-refractivity contribution is 0.0595. The first-order chi connectivity index (χ1) is 9.60. The number of nitrogens with zero attached hydrogens (tertiary/aromatic N) is 2. The lowest BCUT2D eigenvalue weighted by atomic mass is 10.0. The standard InChI is InChI=1S/C15H19N3O2/c1-4-12(11-8-6-5-7-9-11)18-10(2)17-13(14(18)16)15(19)20-3/h5-9,12H,4,16H2,1-3H3. The van der Waals surface area contributed by atoms with E-state index in [1.807, 2.05) is 41.8 Å². The van der Waals surface area contributed by atoms with Gasteiger partial charge < -0.3 is 15.0 Å². The third-order valence-corrected chi connectivity index (χ3v) is 3.39. The number of nitrogen functional groups attached to an aromatic ring is 1. The number of aromatic nitrogens is 2. The SMILES string of the molecule is CCC(c1ccccc1)n1c(C)nc(C(=O)OC)c1N. The van der Waals surface area contributed by atoms with Crippen LogP contribution in [0.15, 0.2) is 30.3 Å². The lowest BCUT2D eigenvalue weighted by Crippen LogP contribution is -2.15. The molecule has 1 atom stereocenters. The van der Waals surface area contributed by atoms with Crippen LogP contribution in [0.1, 0.15) is 41.3 Å². The van der Waals surface area contributed by atoms with E-state index in [1.165, 1.54) is 7.11 Å². The van der Waals surface area contributed by atoms with Crippen LogP contribution in [0.4, 0.5) is 5.82 Å². The van der Waals surface area contributed by atoms with Gasteiger partial charge >= 0.3 is 5.97 Å². The maximum absolute atomic E-state index is 11.7. The molecule has 1 aromatic heterocycles. The largest absolute Gasteiger partial charge is 0.464 e. The number of imidazole rings is 1. The van der Waals surface area contributed by atoms with Crippen molar-refractivity contribution in [2.75, 3.05) is 12.8 Å². The Morgan fingerprint density at radius 1 is 1.40 bits per heavy atom. The summed E-state index contributed by atoms with van der Waals surface area (Å²) in [5.74, 6) is 0.552. The van der Waals surface area contributed by atoms with Gasteiger partial charge in [0.15, 0.2) is 5.69 Å². The molecule has 0 radical (unpaired) electrons. The highest BCUT2D eigenvalue weighted by Gasteiger charge is 2.23. The van der Waals surface area contributed by atoms with Crippen molar-refractivity contribution in [3.63, 3.8) is 0 Å². The average Bonchev–Trinajstić information content (AvgIpc) is 2.77. The summed E-state index contributed by atoms with van der Waals surface area (Å²) in [4.78, 5) is 15.9. The highest BCUT2D eigenvalue weighted by molar-refractivity contribution is 5.92. The Morgan fingerprint density at radius 2 is 2.05 bits per heavy atom. The average molecular weight is 273 g/mol. The molecule has 0 saturated carbocycles. The van der Waals surface area contributed by atoms with Gasteiger partial charge in [0, 0.05) is 0 Å². The maximum atomic E-state index is 11.7. The Hall–Kier alpha value is -2.30. The Morgan fingerprint density at radius 3 is 2.60 bits per heavy atom. The molecule has 106 valence electrons. The fraction of sp³-hybridized carbons (Fsp3) is 0.333. The van der Waals surface area contributed by atoms with Crippen LogP contribution in [0, 0.1) is 6.92 Å². The fourth-order valence-corrected chi connectivity index (χ4v) is 2.44. The third kappa shape index (κ3) is 2.39. The van der Waals surface area contributed by atoms with Crippen molar-refractivity contribution in [1.29, 1.82) is 0 Å². The second-order valence-electron chi connectivity index (χ2n) is 4.59. The predicted octanol–water partition coefficient (Wildman–Crippen LogP) is 2.56. The van der Waals surface area contributed by atoms with Gasteiger partial charge in [-0.1, -0.05) is 37.3 Å². The predicted molar refractivity (Wildman–Crippen MR) is 77.6 cm³/mol. The molecular formula is C15H19N3O2. The van der Waals surface area contributed by atoms with E-state index in [1.54, 1.807) is 0 Å². The van der Waals surface area contributed by atoms with E-state index in [2.05, 4.69) is 11.9 Å². The number of hydrogen-bond acceptors (Lipinski definition) is 4. The number of carbonyl (C=O) groups is 1. The Kier molecular flexibility index (Phi) is 4.08. The van der Waals surface area contributed by atoms with E-state index in [0.29, 0.717) is 11.6 Å². The zero-order valence-electron chi connectivity index (χ0n) is 12.0. The van der Waals surface area contributed by atoms with E-state index >= 15 is 0 Å². The number of hydrogen-bond donors (Lipinski definition) is 1. The zero-order chi connectivity index (χ0) is 14.7. The smallest absolute Gasteiger partial charge is 0.360 e. The highest BCUT2D eigenvalue weighted by atomic mass is 16.5. The molecule has 0 spiro atoms. The van der Waals surface area contributed by atoms with Crippen LogP contribution in [0.2, 0.25) is 0 Å². The second-order valence-corrected chi connectivity index (χ2v) is 4.59. The molecule has 0 fully saturated rings. The van der Waals surface area contributed by atoms with Crippen molar-refractivity contribution >= 4 is 11.8 Å². The number of carbonyl (C=O) groups excluding carboxylic acids is 1. The van der Waals surface area contributed by atoms with Crippen LogP contribution in [0.5, 0.6) is 0 Å². The summed E-state index contributed by atoms with van der Waals surface area (Å²) in [6.45, 7) is 3.92. The molecule has 1 aromatic carbocycles. The summed E-state index contributed by atoms with van der Waals surface area (Å²) < 4.78 is 6.60. The molecule has 0 aliphatic rings. The normalized spacial score (nSPS) is 12.2. The van der Waals surface area contributed by atoms with Crippen LogP contribution >= 0.6 is 0 Å². The minimum absolute atomic E-state index is 0.0575. The quantitative estimate of drug-likeness (QED) is 0.869. The minimum Gasteiger partial charge on any atom is -0.464 e. The first kappa shape index (κ1) is 14.1. The topological polar surface area (TPSA) is 70.1 Å². The first-order valence-electron chi connectivity index (χ1n) is 6.57. The van der Waals surface area contributed by atoms with Crippen molar-refractivity contribution in [1.82, 2.24) is 9.55 Å². The molecule has 0 bridgehead atoms. The molecule has 0 amide bonds. The molecular weight excluding hydrogens is 254 g/mol. The van der Waals surface area contributed by atoms with E-state index in [0.717, 1.165) is 12.0 Å². The summed E-state index contributed by atoms with van der Waals surface area (Å²) >= 11 is 0. The maximum Gasteiger partial charge on any atom is 0.360 e. The number of nitrogens with two attached hydrogens (primary N) is 1. The van der Waals surface area contributed by atoms with Gasteiger partial charge in [0.2, 0.25) is 0 Å². The van der Waals surface area contributed by atoms with E-state index in [-0.39, 0.29) is 11.7 Å². The molecule has 0 aliphatic heterocycles. The molecule has 0 saturated heterocycles. The summed E-state index contributed by atoms with van der Waals surface area (Å²) in [5, 5.41) is 0. The summed E-state index contributed by atoms with van der Waals surface area (Å²) in [6, 6.07) is 10.1. The van der Waals surface area contributed by atoms with Crippen LogP contribution < -0.4 is 5.73 Å². The van der Waals surface area contributed by atoms with Gasteiger partial charge in [-0.2, -0.15) is 0 Å². The monoisotopic (exact) mass is 273 g/mol. The summed E-state index contributed by atoms with van der Waals surface area (Å²) in [7, 11) is 1.32. The van der Waals surface area contributed by atoms with Gasteiger partial charge in [-0.15, -0.1) is 0 Å². The summed E-state index contributed by atoms with van der Waals surface area (Å²) in [5.41, 5.74) is 7.41. The van der Waals surface area contributed by atoms with Crippen molar-refractivity contribution in [3.05, 3.63) is 47.4 Å². The van der Waals surface area contributed by atoms with Crippen molar-refractivity contribution in [2.24, 2.45) is 0 Å². The molecule has 2 N–H and O–H groups in total. The Labute approximate surface area is 118 Å². The van der Waals surface area contributed by atoms with Gasteiger partial charge in [-0.25, -0.2) is 9.78 Å². The Bertz CT molecular complexity index is 605. The number of ether oxygens (including phenoxy) is 1. The first-order valence-corrected chi connectivity index (χ1v) is 6.57. The number of aryl methyl sites for hydroxylation is 1. The van der Waals surface area contributed by atoms with Crippen molar-refractivity contribution < 1.29 is 9.53 Å². The molecule has 1 unspecified atom stereocenters. The second kappa shape index (κ2) is 5.77. The molecule has 5 nitrogen and oxygen atoms in total. The third-order valence-electron chi connectivity index (χ3n) is 3.39. The van der Waals surface area contributed by atoms with Crippen molar-refractivity contribution in [3.8, 4) is 0 Å². The Balaban J connectivity index is 2.51. The number of esters is 1. The van der Waals surface area contributed by atoms with Crippen LogP contribution in [0.25, 0.3) is 0 Å². The molecule has 20 heavy (non-hydrogen) atoms. The number of anilines is 1. The number of methoxy groups -OCH3 is 1. The van der Waals surface area contributed by atoms with Crippen LogP contribution in [-0.2, 0) is 4.74 Å². The zero-order valence-corrected chi connectivity index (χ0v) is 12.0. The molecule has 2 aromatic rings. The van der Waals surface area contributed by atoms with Gasteiger partial charge in [-0.3, -0.25) is 0 Å². The summed E-state index contributed by atoms with van der Waals surface area (Å²) in [6.07, 6.45) is 0.853. The lowest BCUT2D eigenvalue weighted by Gasteiger charge is -2.20. The van der Waals surface area contributed by atoms with E-state index in [4.69, 9.17) is 10.5 Å². The highest BCUT2D eigenvalue weighted by Crippen LogP contribution is 2.28. The van der Waals surface area contributed by atoms with Gasteiger partial charge in [-0.05, 0) is 18.9 Å². The molecule has 1 heterocycles. The molecule has 5 heteroatoms. The number of benzene rings is 1. The van der Waals surface area contributed by atoms with Gasteiger partial charge in [0.1, 0.15) is 11.6 Å². The van der Waals surface area contributed by atoms with E-state index in [9.17, 15) is 4.79 Å². The van der Waals surface area contributed by atoms with Gasteiger partial charge in [0.25, 0.3) is 0 Å². The van der Waals surface area contributed by atoms with Gasteiger partial charge in [0.05, 0.1) is 13.2 Å². The van der Waals surface area contributed by atoms with E-state index < -0.39 is 5.97 Å².